The number of ether oxygens (including phenoxy) is 2. The van der Waals surface area contributed by atoms with E-state index in [1.54, 1.807) is 7.11 Å². The van der Waals surface area contributed by atoms with Crippen molar-refractivity contribution in [1.29, 1.82) is 0 Å². The minimum atomic E-state index is 0.359. The molecule has 0 bridgehead atoms. The molecule has 1 aromatic heterocycles. The molecule has 1 N–H and O–H groups in total. The van der Waals surface area contributed by atoms with E-state index in [1.807, 2.05) is 7.05 Å². The molecule has 17 heavy (non-hydrogen) atoms. The SMILES string of the molecule is CNC(C)Cc1nc2c(c(OC)n1)COCC2. The van der Waals surface area contributed by atoms with Crippen molar-refractivity contribution >= 4 is 0 Å². The van der Waals surface area contributed by atoms with E-state index in [0.717, 1.165) is 36.5 Å². The van der Waals surface area contributed by atoms with E-state index < -0.39 is 0 Å². The highest BCUT2D eigenvalue weighted by Crippen LogP contribution is 2.23. The Morgan fingerprint density at radius 1 is 1.47 bits per heavy atom. The molecule has 0 saturated carbocycles. The molecule has 0 radical (unpaired) electrons. The van der Waals surface area contributed by atoms with Gasteiger partial charge in [0.2, 0.25) is 5.88 Å². The first kappa shape index (κ1) is 12.3. The summed E-state index contributed by atoms with van der Waals surface area (Å²) in [5, 5.41) is 3.19. The molecular weight excluding hydrogens is 218 g/mol. The van der Waals surface area contributed by atoms with Crippen molar-refractivity contribution in [2.24, 2.45) is 0 Å². The molecular formula is C12H19N3O2. The standard InChI is InChI=1S/C12H19N3O2/c1-8(13-2)6-11-14-10-4-5-17-7-9(10)12(15-11)16-3/h8,13H,4-7H2,1-3H3. The summed E-state index contributed by atoms with van der Waals surface area (Å²) in [7, 11) is 3.58. The number of aromatic nitrogens is 2. The summed E-state index contributed by atoms with van der Waals surface area (Å²) in [4.78, 5) is 9.04. The highest BCUT2D eigenvalue weighted by atomic mass is 16.5. The summed E-state index contributed by atoms with van der Waals surface area (Å²) in [6.07, 6.45) is 1.65. The van der Waals surface area contributed by atoms with Gasteiger partial charge in [0.25, 0.3) is 0 Å². The largest absolute Gasteiger partial charge is 0.481 e. The maximum atomic E-state index is 5.41. The summed E-state index contributed by atoms with van der Waals surface area (Å²) >= 11 is 0. The zero-order valence-electron chi connectivity index (χ0n) is 10.6. The second kappa shape index (κ2) is 5.42. The quantitative estimate of drug-likeness (QED) is 0.835. The smallest absolute Gasteiger partial charge is 0.222 e. The second-order valence-electron chi connectivity index (χ2n) is 4.27. The lowest BCUT2D eigenvalue weighted by Crippen LogP contribution is -2.25. The highest BCUT2D eigenvalue weighted by Gasteiger charge is 2.19. The van der Waals surface area contributed by atoms with Crippen LogP contribution < -0.4 is 10.1 Å². The van der Waals surface area contributed by atoms with E-state index in [2.05, 4.69) is 22.2 Å². The van der Waals surface area contributed by atoms with Crippen LogP contribution >= 0.6 is 0 Å². The Bertz CT molecular complexity index is 378. The number of hydrogen-bond acceptors (Lipinski definition) is 5. The van der Waals surface area contributed by atoms with E-state index in [1.165, 1.54) is 0 Å². The predicted octanol–water partition coefficient (Wildman–Crippen LogP) is 0.708. The van der Waals surface area contributed by atoms with Gasteiger partial charge in [-0.1, -0.05) is 0 Å². The third kappa shape index (κ3) is 2.73. The lowest BCUT2D eigenvalue weighted by Gasteiger charge is -2.19. The van der Waals surface area contributed by atoms with Crippen LogP contribution in [0.3, 0.4) is 0 Å². The predicted molar refractivity (Wildman–Crippen MR) is 64.2 cm³/mol. The van der Waals surface area contributed by atoms with Gasteiger partial charge in [-0.3, -0.25) is 0 Å². The fraction of sp³-hybridized carbons (Fsp3) is 0.667. The number of hydrogen-bond donors (Lipinski definition) is 1. The zero-order chi connectivity index (χ0) is 12.3. The average Bonchev–Trinajstić information content (AvgIpc) is 2.37. The van der Waals surface area contributed by atoms with Crippen molar-refractivity contribution < 1.29 is 9.47 Å². The molecule has 0 saturated heterocycles. The Labute approximate surface area is 102 Å². The minimum absolute atomic E-state index is 0.359. The molecule has 0 aromatic carbocycles. The highest BCUT2D eigenvalue weighted by molar-refractivity contribution is 5.32. The Morgan fingerprint density at radius 3 is 3.00 bits per heavy atom. The molecule has 2 heterocycles. The molecule has 5 nitrogen and oxygen atoms in total. The maximum Gasteiger partial charge on any atom is 0.222 e. The fourth-order valence-electron chi connectivity index (χ4n) is 1.89. The number of fused-ring (bicyclic) bond motifs is 1. The Kier molecular flexibility index (Phi) is 3.91. The van der Waals surface area contributed by atoms with Gasteiger partial charge in [0, 0.05) is 18.9 Å². The molecule has 0 amide bonds. The lowest BCUT2D eigenvalue weighted by atomic mass is 10.1. The minimum Gasteiger partial charge on any atom is -0.481 e. The number of nitrogens with zero attached hydrogens (tertiary/aromatic N) is 2. The van der Waals surface area contributed by atoms with Crippen molar-refractivity contribution in [1.82, 2.24) is 15.3 Å². The van der Waals surface area contributed by atoms with E-state index in [0.29, 0.717) is 18.5 Å². The lowest BCUT2D eigenvalue weighted by molar-refractivity contribution is 0.106. The Balaban J connectivity index is 2.29. The van der Waals surface area contributed by atoms with Gasteiger partial charge in [0.1, 0.15) is 5.82 Å². The van der Waals surface area contributed by atoms with Crippen LogP contribution in [0.25, 0.3) is 0 Å². The van der Waals surface area contributed by atoms with Gasteiger partial charge in [-0.2, -0.15) is 4.98 Å². The third-order valence-corrected chi connectivity index (χ3v) is 3.01. The van der Waals surface area contributed by atoms with Gasteiger partial charge in [0.05, 0.1) is 31.6 Å². The van der Waals surface area contributed by atoms with Crippen LogP contribution in [0.1, 0.15) is 24.0 Å². The molecule has 1 aliphatic rings. The molecule has 0 fully saturated rings. The van der Waals surface area contributed by atoms with E-state index in [4.69, 9.17) is 9.47 Å². The monoisotopic (exact) mass is 237 g/mol. The molecule has 0 aliphatic carbocycles. The van der Waals surface area contributed by atoms with E-state index in [-0.39, 0.29) is 0 Å². The van der Waals surface area contributed by atoms with Gasteiger partial charge < -0.3 is 14.8 Å². The van der Waals surface area contributed by atoms with Crippen molar-refractivity contribution in [3.63, 3.8) is 0 Å². The zero-order valence-corrected chi connectivity index (χ0v) is 10.6. The van der Waals surface area contributed by atoms with Crippen LogP contribution in [-0.4, -0.2) is 36.8 Å². The van der Waals surface area contributed by atoms with Gasteiger partial charge in [-0.05, 0) is 14.0 Å². The molecule has 2 rings (SSSR count). The summed E-state index contributed by atoms with van der Waals surface area (Å²) in [5.74, 6) is 1.50. The molecule has 1 unspecified atom stereocenters. The number of methoxy groups -OCH3 is 1. The van der Waals surface area contributed by atoms with E-state index in [9.17, 15) is 0 Å². The van der Waals surface area contributed by atoms with Crippen molar-refractivity contribution in [3.05, 3.63) is 17.1 Å². The van der Waals surface area contributed by atoms with Gasteiger partial charge >= 0.3 is 0 Å². The topological polar surface area (TPSA) is 56.3 Å². The van der Waals surface area contributed by atoms with Crippen molar-refractivity contribution in [2.75, 3.05) is 20.8 Å². The summed E-state index contributed by atoms with van der Waals surface area (Å²) in [6, 6.07) is 0.359. The van der Waals surface area contributed by atoms with Crippen molar-refractivity contribution in [2.45, 2.75) is 32.4 Å². The van der Waals surface area contributed by atoms with Crippen LogP contribution in [0.4, 0.5) is 0 Å². The normalized spacial score (nSPS) is 16.4. The first-order chi connectivity index (χ1) is 8.24. The van der Waals surface area contributed by atoms with Crippen LogP contribution in [0.2, 0.25) is 0 Å². The molecule has 0 spiro atoms. The molecule has 1 aliphatic heterocycles. The van der Waals surface area contributed by atoms with Crippen molar-refractivity contribution in [3.8, 4) is 5.88 Å². The van der Waals surface area contributed by atoms with Gasteiger partial charge in [-0.25, -0.2) is 4.98 Å². The number of likely N-dealkylation sites (N-methyl/N-ethyl adjacent to an activating group) is 1. The molecule has 1 atom stereocenters. The van der Waals surface area contributed by atoms with Gasteiger partial charge in [-0.15, -0.1) is 0 Å². The maximum absolute atomic E-state index is 5.41. The fourth-order valence-corrected chi connectivity index (χ4v) is 1.89. The summed E-state index contributed by atoms with van der Waals surface area (Å²) in [5.41, 5.74) is 2.07. The molecule has 5 heteroatoms. The third-order valence-electron chi connectivity index (χ3n) is 3.01. The summed E-state index contributed by atoms with van der Waals surface area (Å²) < 4.78 is 10.7. The van der Waals surface area contributed by atoms with E-state index >= 15 is 0 Å². The van der Waals surface area contributed by atoms with Crippen LogP contribution in [0, 0.1) is 0 Å². The Hall–Kier alpha value is -1.20. The Morgan fingerprint density at radius 2 is 2.29 bits per heavy atom. The van der Waals surface area contributed by atoms with Crippen LogP contribution in [0.5, 0.6) is 5.88 Å². The second-order valence-corrected chi connectivity index (χ2v) is 4.27. The first-order valence-corrected chi connectivity index (χ1v) is 5.92. The van der Waals surface area contributed by atoms with Crippen LogP contribution in [0.15, 0.2) is 0 Å². The van der Waals surface area contributed by atoms with Gasteiger partial charge in [0.15, 0.2) is 0 Å². The molecule has 94 valence electrons. The summed E-state index contributed by atoms with van der Waals surface area (Å²) in [6.45, 7) is 3.40. The first-order valence-electron chi connectivity index (χ1n) is 5.92. The number of nitrogens with one attached hydrogen (secondary N) is 1. The number of rotatable bonds is 4. The van der Waals surface area contributed by atoms with Crippen LogP contribution in [-0.2, 0) is 24.2 Å². The average molecular weight is 237 g/mol. The molecule has 1 aromatic rings.